The minimum Gasteiger partial charge on any atom is -0.351 e. The average Bonchev–Trinajstić information content (AvgIpc) is 2.46. The highest BCUT2D eigenvalue weighted by molar-refractivity contribution is 5.93. The van der Waals surface area contributed by atoms with E-state index in [0.717, 1.165) is 0 Å². The summed E-state index contributed by atoms with van der Waals surface area (Å²) < 4.78 is 13.8. The zero-order valence-electron chi connectivity index (χ0n) is 11.6. The number of halogens is 1. The van der Waals surface area contributed by atoms with E-state index in [9.17, 15) is 9.18 Å². The van der Waals surface area contributed by atoms with Crippen LogP contribution in [-0.4, -0.2) is 17.4 Å². The summed E-state index contributed by atoms with van der Waals surface area (Å²) in [4.78, 5) is 15.9. The number of hydrogen-bond acceptors (Lipinski definition) is 2. The maximum absolute atomic E-state index is 13.8. The van der Waals surface area contributed by atoms with Crippen LogP contribution in [0.3, 0.4) is 0 Å². The van der Waals surface area contributed by atoms with Gasteiger partial charge in [-0.3, -0.25) is 9.78 Å². The standard InChI is InChI=1S/C16H17FN2O/c1-16(2,13-7-3-4-8-14(13)17)11-19-15(20)12-6-5-9-18-10-12/h3-10H,11H2,1-2H3,(H,19,20). The first-order chi connectivity index (χ1) is 9.50. The third-order valence-electron chi connectivity index (χ3n) is 3.22. The van der Waals surface area contributed by atoms with E-state index >= 15 is 0 Å². The summed E-state index contributed by atoms with van der Waals surface area (Å²) in [5.41, 5.74) is 0.603. The van der Waals surface area contributed by atoms with Gasteiger partial charge in [0, 0.05) is 24.4 Å². The smallest absolute Gasteiger partial charge is 0.252 e. The third-order valence-corrected chi connectivity index (χ3v) is 3.22. The van der Waals surface area contributed by atoms with Gasteiger partial charge in [-0.05, 0) is 23.8 Å². The van der Waals surface area contributed by atoms with E-state index in [1.165, 1.54) is 12.3 Å². The second-order valence-electron chi connectivity index (χ2n) is 5.29. The first-order valence-corrected chi connectivity index (χ1v) is 6.44. The number of nitrogens with zero attached hydrogens (tertiary/aromatic N) is 1. The van der Waals surface area contributed by atoms with Crippen LogP contribution in [0.15, 0.2) is 48.8 Å². The molecular formula is C16H17FN2O. The van der Waals surface area contributed by atoms with Gasteiger partial charge in [-0.25, -0.2) is 4.39 Å². The Bertz CT molecular complexity index is 596. The van der Waals surface area contributed by atoms with E-state index in [-0.39, 0.29) is 11.7 Å². The van der Waals surface area contributed by atoms with Crippen molar-refractivity contribution in [3.8, 4) is 0 Å². The molecule has 0 bridgehead atoms. The van der Waals surface area contributed by atoms with Crippen molar-refractivity contribution in [2.45, 2.75) is 19.3 Å². The first-order valence-electron chi connectivity index (χ1n) is 6.44. The van der Waals surface area contributed by atoms with Gasteiger partial charge in [0.2, 0.25) is 0 Å². The zero-order valence-corrected chi connectivity index (χ0v) is 11.6. The molecule has 0 fully saturated rings. The quantitative estimate of drug-likeness (QED) is 0.929. The van der Waals surface area contributed by atoms with Crippen molar-refractivity contribution >= 4 is 5.91 Å². The Morgan fingerprint density at radius 1 is 1.25 bits per heavy atom. The predicted octanol–water partition coefficient (Wildman–Crippen LogP) is 2.93. The molecule has 0 saturated carbocycles. The van der Waals surface area contributed by atoms with Crippen LogP contribution in [-0.2, 0) is 5.41 Å². The van der Waals surface area contributed by atoms with Crippen LogP contribution < -0.4 is 5.32 Å². The average molecular weight is 272 g/mol. The molecule has 2 aromatic rings. The molecule has 0 aliphatic carbocycles. The van der Waals surface area contributed by atoms with Crippen molar-refractivity contribution in [2.24, 2.45) is 0 Å². The van der Waals surface area contributed by atoms with Gasteiger partial charge in [-0.1, -0.05) is 32.0 Å². The molecule has 0 saturated heterocycles. The number of pyridine rings is 1. The van der Waals surface area contributed by atoms with Gasteiger partial charge >= 0.3 is 0 Å². The lowest BCUT2D eigenvalue weighted by Crippen LogP contribution is -2.37. The molecule has 1 amide bonds. The Labute approximate surface area is 117 Å². The first kappa shape index (κ1) is 14.2. The predicted molar refractivity (Wildman–Crippen MR) is 76.0 cm³/mol. The van der Waals surface area contributed by atoms with E-state index in [1.54, 1.807) is 36.5 Å². The summed E-state index contributed by atoms with van der Waals surface area (Å²) in [6.45, 7) is 4.14. The SMILES string of the molecule is CC(C)(CNC(=O)c1cccnc1)c1ccccc1F. The second kappa shape index (κ2) is 5.82. The monoisotopic (exact) mass is 272 g/mol. The topological polar surface area (TPSA) is 42.0 Å². The number of carbonyl (C=O) groups excluding carboxylic acids is 1. The van der Waals surface area contributed by atoms with Crippen LogP contribution in [0.25, 0.3) is 0 Å². The molecular weight excluding hydrogens is 255 g/mol. The molecule has 0 unspecified atom stereocenters. The number of rotatable bonds is 4. The van der Waals surface area contributed by atoms with Crippen LogP contribution in [0.1, 0.15) is 29.8 Å². The van der Waals surface area contributed by atoms with Crippen LogP contribution in [0.4, 0.5) is 4.39 Å². The number of benzene rings is 1. The van der Waals surface area contributed by atoms with Crippen molar-refractivity contribution in [1.82, 2.24) is 10.3 Å². The van der Waals surface area contributed by atoms with Gasteiger partial charge in [0.15, 0.2) is 0 Å². The summed E-state index contributed by atoms with van der Waals surface area (Å²) in [7, 11) is 0. The molecule has 1 N–H and O–H groups in total. The van der Waals surface area contributed by atoms with Gasteiger partial charge in [0.05, 0.1) is 5.56 Å². The fraction of sp³-hybridized carbons (Fsp3) is 0.250. The fourth-order valence-corrected chi connectivity index (χ4v) is 2.01. The lowest BCUT2D eigenvalue weighted by molar-refractivity contribution is 0.0945. The molecule has 0 radical (unpaired) electrons. The Morgan fingerprint density at radius 2 is 2.00 bits per heavy atom. The maximum atomic E-state index is 13.8. The Balaban J connectivity index is 2.07. The number of aromatic nitrogens is 1. The van der Waals surface area contributed by atoms with Gasteiger partial charge < -0.3 is 5.32 Å². The molecule has 0 spiro atoms. The number of amides is 1. The van der Waals surface area contributed by atoms with Gasteiger partial charge in [-0.15, -0.1) is 0 Å². The van der Waals surface area contributed by atoms with Crippen molar-refractivity contribution in [1.29, 1.82) is 0 Å². The molecule has 104 valence electrons. The molecule has 1 heterocycles. The molecule has 3 nitrogen and oxygen atoms in total. The molecule has 4 heteroatoms. The largest absolute Gasteiger partial charge is 0.351 e. The summed E-state index contributed by atoms with van der Waals surface area (Å²) in [6.07, 6.45) is 3.12. The highest BCUT2D eigenvalue weighted by Gasteiger charge is 2.24. The summed E-state index contributed by atoms with van der Waals surface area (Å²) in [5, 5.41) is 2.82. The molecule has 20 heavy (non-hydrogen) atoms. The van der Waals surface area contributed by atoms with Gasteiger partial charge in [-0.2, -0.15) is 0 Å². The number of nitrogens with one attached hydrogen (secondary N) is 1. The van der Waals surface area contributed by atoms with Crippen LogP contribution in [0.5, 0.6) is 0 Å². The van der Waals surface area contributed by atoms with E-state index in [4.69, 9.17) is 0 Å². The van der Waals surface area contributed by atoms with Crippen LogP contribution in [0.2, 0.25) is 0 Å². The van der Waals surface area contributed by atoms with Crippen molar-refractivity contribution in [3.63, 3.8) is 0 Å². The van der Waals surface area contributed by atoms with Crippen molar-refractivity contribution in [2.75, 3.05) is 6.54 Å². The maximum Gasteiger partial charge on any atom is 0.252 e. The van der Waals surface area contributed by atoms with Crippen molar-refractivity contribution in [3.05, 3.63) is 65.7 Å². The lowest BCUT2D eigenvalue weighted by Gasteiger charge is -2.26. The van der Waals surface area contributed by atoms with E-state index in [2.05, 4.69) is 10.3 Å². The molecule has 0 aliphatic heterocycles. The number of carbonyl (C=O) groups is 1. The van der Waals surface area contributed by atoms with Crippen LogP contribution in [0, 0.1) is 5.82 Å². The molecule has 0 aliphatic rings. The summed E-state index contributed by atoms with van der Waals surface area (Å²) >= 11 is 0. The third kappa shape index (κ3) is 3.20. The molecule has 1 aromatic heterocycles. The Kier molecular flexibility index (Phi) is 4.13. The Morgan fingerprint density at radius 3 is 2.65 bits per heavy atom. The molecule has 1 aromatic carbocycles. The summed E-state index contributed by atoms with van der Waals surface area (Å²) in [5.74, 6) is -0.462. The molecule has 2 rings (SSSR count). The molecule has 0 atom stereocenters. The Hall–Kier alpha value is -2.23. The van der Waals surface area contributed by atoms with Gasteiger partial charge in [0.25, 0.3) is 5.91 Å². The highest BCUT2D eigenvalue weighted by atomic mass is 19.1. The van der Waals surface area contributed by atoms with E-state index < -0.39 is 5.41 Å². The van der Waals surface area contributed by atoms with Crippen LogP contribution >= 0.6 is 0 Å². The highest BCUT2D eigenvalue weighted by Crippen LogP contribution is 2.24. The number of hydrogen-bond donors (Lipinski definition) is 1. The lowest BCUT2D eigenvalue weighted by atomic mass is 9.84. The fourth-order valence-electron chi connectivity index (χ4n) is 2.01. The minimum atomic E-state index is -0.483. The van der Waals surface area contributed by atoms with E-state index in [0.29, 0.717) is 17.7 Å². The van der Waals surface area contributed by atoms with Crippen molar-refractivity contribution < 1.29 is 9.18 Å². The normalized spacial score (nSPS) is 11.2. The minimum absolute atomic E-state index is 0.206. The van der Waals surface area contributed by atoms with Gasteiger partial charge in [0.1, 0.15) is 5.82 Å². The van der Waals surface area contributed by atoms with E-state index in [1.807, 2.05) is 13.8 Å². The second-order valence-corrected chi connectivity index (χ2v) is 5.29. The zero-order chi connectivity index (χ0) is 14.6. The summed E-state index contributed by atoms with van der Waals surface area (Å²) in [6, 6.07) is 10.0.